The molecule has 6 nitrogen and oxygen atoms in total. The molecule has 4 aromatic rings. The number of aromatic nitrogens is 3. The number of fused-ring (bicyclic) bond motifs is 1. The van der Waals surface area contributed by atoms with Gasteiger partial charge in [0.05, 0.1) is 35.2 Å². The Bertz CT molecular complexity index is 1180. The lowest BCUT2D eigenvalue weighted by molar-refractivity contribution is -0.118. The van der Waals surface area contributed by atoms with Gasteiger partial charge in [0, 0.05) is 11.2 Å². The van der Waals surface area contributed by atoms with E-state index in [2.05, 4.69) is 20.1 Å². The van der Waals surface area contributed by atoms with Crippen molar-refractivity contribution in [3.63, 3.8) is 0 Å². The summed E-state index contributed by atoms with van der Waals surface area (Å²) in [5.41, 5.74) is 6.22. The van der Waals surface area contributed by atoms with Crippen LogP contribution in [0.5, 0.6) is 0 Å². The van der Waals surface area contributed by atoms with Crippen LogP contribution in [-0.4, -0.2) is 32.4 Å². The molecule has 0 unspecified atom stereocenters. The second-order valence-electron chi connectivity index (χ2n) is 6.43. The molecule has 0 saturated heterocycles. The molecule has 0 aliphatic carbocycles. The summed E-state index contributed by atoms with van der Waals surface area (Å²) in [6.45, 7) is 0.638. The number of imidazole rings is 1. The number of nitrogens with one attached hydrogen (secondary N) is 1. The monoisotopic (exact) mass is 435 g/mol. The molecule has 1 amide bonds. The Morgan fingerprint density at radius 3 is 2.70 bits per heavy atom. The maximum absolute atomic E-state index is 12.2. The fourth-order valence-corrected chi connectivity index (χ4v) is 3.81. The van der Waals surface area contributed by atoms with Gasteiger partial charge in [0.1, 0.15) is 0 Å². The summed E-state index contributed by atoms with van der Waals surface area (Å²) in [5.74, 6) is -0.0129. The summed E-state index contributed by atoms with van der Waals surface area (Å²) in [7, 11) is 0. The average Bonchev–Trinajstić information content (AvgIpc) is 3.12. The Kier molecular flexibility index (Phi) is 6.41. The molecule has 0 spiro atoms. The van der Waals surface area contributed by atoms with Crippen molar-refractivity contribution < 1.29 is 4.79 Å². The smallest absolute Gasteiger partial charge is 0.250 e. The Morgan fingerprint density at radius 2 is 1.90 bits per heavy atom. The van der Waals surface area contributed by atoms with E-state index in [4.69, 9.17) is 16.6 Å². The van der Waals surface area contributed by atoms with Gasteiger partial charge in [0.2, 0.25) is 0 Å². The zero-order valence-corrected chi connectivity index (χ0v) is 17.5. The fraction of sp³-hybridized carbons (Fsp3) is 0.0909. The molecular formula is C22H18ClN5OS. The largest absolute Gasteiger partial charge is 0.314 e. The number of benzene rings is 2. The van der Waals surface area contributed by atoms with E-state index >= 15 is 0 Å². The molecule has 30 heavy (non-hydrogen) atoms. The van der Waals surface area contributed by atoms with Crippen molar-refractivity contribution in [2.45, 2.75) is 11.7 Å². The van der Waals surface area contributed by atoms with Crippen LogP contribution in [0.2, 0.25) is 5.02 Å². The number of amides is 1. The standard InChI is InChI=1S/C22H18ClN5OS/c23-17-10-8-16(9-11-17)14-28-20-7-2-1-6-19(20)26-22(28)30-15-21(29)27-25-13-18-5-3-4-12-24-18/h1-13H,14-15H2,(H,27,29)/b25-13+. The summed E-state index contributed by atoms with van der Waals surface area (Å²) in [6, 6.07) is 21.1. The van der Waals surface area contributed by atoms with Gasteiger partial charge >= 0.3 is 0 Å². The maximum atomic E-state index is 12.2. The first-order valence-electron chi connectivity index (χ1n) is 9.24. The first-order chi connectivity index (χ1) is 14.7. The fourth-order valence-electron chi connectivity index (χ4n) is 2.87. The van der Waals surface area contributed by atoms with Gasteiger partial charge in [0.15, 0.2) is 5.16 Å². The van der Waals surface area contributed by atoms with Crippen molar-refractivity contribution in [3.8, 4) is 0 Å². The predicted molar refractivity (Wildman–Crippen MR) is 121 cm³/mol. The molecule has 1 N–H and O–H groups in total. The van der Waals surface area contributed by atoms with Crippen molar-refractivity contribution in [2.75, 3.05) is 5.75 Å². The van der Waals surface area contributed by atoms with E-state index in [1.807, 2.05) is 66.7 Å². The summed E-state index contributed by atoms with van der Waals surface area (Å²) < 4.78 is 2.10. The number of thioether (sulfide) groups is 1. The SMILES string of the molecule is O=C(CSc1nc2ccccc2n1Cc1ccc(Cl)cc1)N/N=C/c1ccccn1. The Morgan fingerprint density at radius 1 is 1.10 bits per heavy atom. The molecule has 0 radical (unpaired) electrons. The van der Waals surface area contributed by atoms with Crippen LogP contribution in [0.3, 0.4) is 0 Å². The van der Waals surface area contributed by atoms with E-state index in [1.165, 1.54) is 18.0 Å². The van der Waals surface area contributed by atoms with Crippen LogP contribution in [-0.2, 0) is 11.3 Å². The molecule has 0 atom stereocenters. The van der Waals surface area contributed by atoms with Gasteiger partial charge in [-0.25, -0.2) is 10.4 Å². The molecule has 0 bridgehead atoms. The third-order valence-electron chi connectivity index (χ3n) is 4.28. The number of hydrazone groups is 1. The second kappa shape index (κ2) is 9.56. The summed E-state index contributed by atoms with van der Waals surface area (Å²) >= 11 is 7.38. The number of hydrogen-bond acceptors (Lipinski definition) is 5. The molecule has 150 valence electrons. The number of para-hydroxylation sites is 2. The van der Waals surface area contributed by atoms with Crippen LogP contribution in [0.4, 0.5) is 0 Å². The van der Waals surface area contributed by atoms with E-state index < -0.39 is 0 Å². The predicted octanol–water partition coefficient (Wildman–Crippen LogP) is 4.38. The van der Waals surface area contributed by atoms with Crippen LogP contribution in [0, 0.1) is 0 Å². The number of nitrogens with zero attached hydrogens (tertiary/aromatic N) is 4. The molecule has 0 fully saturated rings. The number of pyridine rings is 1. The summed E-state index contributed by atoms with van der Waals surface area (Å²) in [5, 5.41) is 5.43. The van der Waals surface area contributed by atoms with Gasteiger partial charge in [-0.05, 0) is 42.0 Å². The Labute approximate surface area is 183 Å². The number of carbonyl (C=O) groups excluding carboxylic acids is 1. The van der Waals surface area contributed by atoms with Crippen LogP contribution >= 0.6 is 23.4 Å². The zero-order valence-electron chi connectivity index (χ0n) is 15.9. The highest BCUT2D eigenvalue weighted by Crippen LogP contribution is 2.25. The molecule has 4 rings (SSSR count). The normalized spacial score (nSPS) is 11.2. The lowest BCUT2D eigenvalue weighted by Gasteiger charge is -2.09. The lowest BCUT2D eigenvalue weighted by atomic mass is 10.2. The number of halogens is 1. The quantitative estimate of drug-likeness (QED) is 0.266. The zero-order chi connectivity index (χ0) is 20.8. The third kappa shape index (κ3) is 5.06. The van der Waals surface area contributed by atoms with Gasteiger partial charge in [-0.15, -0.1) is 0 Å². The highest BCUT2D eigenvalue weighted by Gasteiger charge is 2.13. The van der Waals surface area contributed by atoms with Crippen molar-refractivity contribution >= 4 is 46.5 Å². The average molecular weight is 436 g/mol. The van der Waals surface area contributed by atoms with E-state index in [1.54, 1.807) is 6.20 Å². The number of rotatable bonds is 7. The minimum absolute atomic E-state index is 0.198. The minimum Gasteiger partial charge on any atom is -0.314 e. The van der Waals surface area contributed by atoms with Gasteiger partial charge in [-0.3, -0.25) is 9.78 Å². The van der Waals surface area contributed by atoms with Gasteiger partial charge in [-0.1, -0.05) is 53.7 Å². The van der Waals surface area contributed by atoms with Crippen molar-refractivity contribution in [1.82, 2.24) is 20.0 Å². The van der Waals surface area contributed by atoms with Crippen LogP contribution in [0.15, 0.2) is 83.2 Å². The van der Waals surface area contributed by atoms with Crippen LogP contribution < -0.4 is 5.43 Å². The Balaban J connectivity index is 1.46. The van der Waals surface area contributed by atoms with Crippen molar-refractivity contribution in [3.05, 3.63) is 89.2 Å². The highest BCUT2D eigenvalue weighted by molar-refractivity contribution is 7.99. The molecule has 0 saturated carbocycles. The number of hydrogen-bond donors (Lipinski definition) is 1. The molecule has 2 aromatic carbocycles. The molecular weight excluding hydrogens is 418 g/mol. The molecule has 0 aliphatic heterocycles. The first-order valence-corrected chi connectivity index (χ1v) is 10.6. The van der Waals surface area contributed by atoms with E-state index in [-0.39, 0.29) is 11.7 Å². The highest BCUT2D eigenvalue weighted by atomic mass is 35.5. The van der Waals surface area contributed by atoms with Crippen LogP contribution in [0.25, 0.3) is 11.0 Å². The van der Waals surface area contributed by atoms with Crippen LogP contribution in [0.1, 0.15) is 11.3 Å². The van der Waals surface area contributed by atoms with E-state index in [0.29, 0.717) is 17.3 Å². The first kappa shape index (κ1) is 20.1. The number of carbonyl (C=O) groups is 1. The lowest BCUT2D eigenvalue weighted by Crippen LogP contribution is -2.20. The van der Waals surface area contributed by atoms with Gasteiger partial charge in [-0.2, -0.15) is 5.10 Å². The van der Waals surface area contributed by atoms with Gasteiger partial charge < -0.3 is 4.57 Å². The summed E-state index contributed by atoms with van der Waals surface area (Å²) in [6.07, 6.45) is 3.18. The minimum atomic E-state index is -0.211. The van der Waals surface area contributed by atoms with E-state index in [0.717, 1.165) is 21.8 Å². The van der Waals surface area contributed by atoms with Crippen molar-refractivity contribution in [2.24, 2.45) is 5.10 Å². The maximum Gasteiger partial charge on any atom is 0.250 e. The topological polar surface area (TPSA) is 72.2 Å². The Hall–Kier alpha value is -3.16. The van der Waals surface area contributed by atoms with E-state index in [9.17, 15) is 4.79 Å². The third-order valence-corrected chi connectivity index (χ3v) is 5.51. The molecule has 2 heterocycles. The molecule has 8 heteroatoms. The summed E-state index contributed by atoms with van der Waals surface area (Å²) in [4.78, 5) is 21.0. The van der Waals surface area contributed by atoms with Crippen molar-refractivity contribution in [1.29, 1.82) is 0 Å². The molecule has 2 aromatic heterocycles. The van der Waals surface area contributed by atoms with Gasteiger partial charge in [0.25, 0.3) is 5.91 Å². The molecule has 0 aliphatic rings. The second-order valence-corrected chi connectivity index (χ2v) is 7.81.